The average molecular weight is 489 g/mol. The predicted octanol–water partition coefficient (Wildman–Crippen LogP) is 3.25. The van der Waals surface area contributed by atoms with Crippen molar-refractivity contribution in [1.29, 1.82) is 5.26 Å². The van der Waals surface area contributed by atoms with E-state index in [4.69, 9.17) is 14.6 Å². The molecule has 0 atom stereocenters. The fraction of sp³-hybridized carbons (Fsp3) is 0.143. The number of amides is 1. The van der Waals surface area contributed by atoms with Crippen molar-refractivity contribution in [3.05, 3.63) is 57.6 Å². The Balaban J connectivity index is 2.29. The molecular formula is C21H17BrN2O7. The highest BCUT2D eigenvalue weighted by molar-refractivity contribution is 9.10. The van der Waals surface area contributed by atoms with E-state index >= 15 is 0 Å². The number of rotatable bonds is 8. The number of nitrogens with zero attached hydrogens (tertiary/aromatic N) is 1. The Kier molecular flexibility index (Phi) is 8.16. The van der Waals surface area contributed by atoms with E-state index in [1.807, 2.05) is 6.07 Å². The van der Waals surface area contributed by atoms with Crippen molar-refractivity contribution >= 4 is 45.5 Å². The third kappa shape index (κ3) is 6.32. The van der Waals surface area contributed by atoms with Crippen LogP contribution in [0.15, 0.2) is 46.4 Å². The number of nitrogens with one attached hydrogen (secondary N) is 1. The standard InChI is InChI=1S/C21H17BrN2O7/c1-29-17-8-13(16(22)9-18(17)31-11-19(25)30-2)6-14(10-23)20(26)24-15-5-3-4-12(7-15)21(27)28/h3-9H,11H2,1-2H3,(H,24,26)(H,27,28)/b14-6-. The van der Waals surface area contributed by atoms with Crippen molar-refractivity contribution in [1.82, 2.24) is 0 Å². The summed E-state index contributed by atoms with van der Waals surface area (Å²) in [7, 11) is 2.63. The van der Waals surface area contributed by atoms with Crippen LogP contribution in [-0.2, 0) is 14.3 Å². The van der Waals surface area contributed by atoms with E-state index in [1.165, 1.54) is 56.7 Å². The topological polar surface area (TPSA) is 135 Å². The quantitative estimate of drug-likeness (QED) is 0.328. The summed E-state index contributed by atoms with van der Waals surface area (Å²) in [4.78, 5) is 34.8. The number of carboxylic acid groups (broad SMARTS) is 1. The second-order valence-corrected chi connectivity index (χ2v) is 6.75. The van der Waals surface area contributed by atoms with Crippen LogP contribution < -0.4 is 14.8 Å². The molecule has 0 unspecified atom stereocenters. The number of aromatic carboxylic acids is 1. The van der Waals surface area contributed by atoms with Gasteiger partial charge in [0.05, 0.1) is 19.8 Å². The number of methoxy groups -OCH3 is 2. The second-order valence-electron chi connectivity index (χ2n) is 5.90. The fourth-order valence-electron chi connectivity index (χ4n) is 2.36. The lowest BCUT2D eigenvalue weighted by Crippen LogP contribution is -2.14. The molecule has 31 heavy (non-hydrogen) atoms. The molecule has 0 aromatic heterocycles. The van der Waals surface area contributed by atoms with Crippen LogP contribution >= 0.6 is 15.9 Å². The highest BCUT2D eigenvalue weighted by atomic mass is 79.9. The van der Waals surface area contributed by atoms with Gasteiger partial charge in [0.25, 0.3) is 5.91 Å². The van der Waals surface area contributed by atoms with E-state index in [0.29, 0.717) is 10.0 Å². The van der Waals surface area contributed by atoms with Crippen LogP contribution in [0.25, 0.3) is 6.08 Å². The average Bonchev–Trinajstić information content (AvgIpc) is 2.76. The van der Waals surface area contributed by atoms with E-state index in [2.05, 4.69) is 26.0 Å². The summed E-state index contributed by atoms with van der Waals surface area (Å²) in [5.74, 6) is -1.91. The van der Waals surface area contributed by atoms with Gasteiger partial charge in [-0.25, -0.2) is 9.59 Å². The smallest absolute Gasteiger partial charge is 0.343 e. The van der Waals surface area contributed by atoms with Crippen molar-refractivity contribution in [3.8, 4) is 17.6 Å². The van der Waals surface area contributed by atoms with E-state index in [0.717, 1.165) is 0 Å². The molecule has 0 radical (unpaired) electrons. The molecular weight excluding hydrogens is 472 g/mol. The predicted molar refractivity (Wildman–Crippen MR) is 114 cm³/mol. The SMILES string of the molecule is COC(=O)COc1cc(Br)c(/C=C(/C#N)C(=O)Nc2cccc(C(=O)O)c2)cc1OC. The largest absolute Gasteiger partial charge is 0.493 e. The maximum absolute atomic E-state index is 12.5. The van der Waals surface area contributed by atoms with Crippen molar-refractivity contribution in [3.63, 3.8) is 0 Å². The number of carbonyl (C=O) groups excluding carboxylic acids is 2. The summed E-state index contributed by atoms with van der Waals surface area (Å²) < 4.78 is 15.6. The third-order valence-electron chi connectivity index (χ3n) is 3.89. The Bertz CT molecular complexity index is 1090. The van der Waals surface area contributed by atoms with Crippen LogP contribution in [0.3, 0.4) is 0 Å². The zero-order valence-corrected chi connectivity index (χ0v) is 18.1. The van der Waals surface area contributed by atoms with Crippen LogP contribution in [0.2, 0.25) is 0 Å². The maximum Gasteiger partial charge on any atom is 0.343 e. The molecule has 0 aliphatic carbocycles. The molecule has 0 spiro atoms. The summed E-state index contributed by atoms with van der Waals surface area (Å²) in [5.41, 5.74) is 0.435. The van der Waals surface area contributed by atoms with Gasteiger partial charge in [0.15, 0.2) is 18.1 Å². The lowest BCUT2D eigenvalue weighted by atomic mass is 10.1. The number of carbonyl (C=O) groups is 3. The first-order valence-electron chi connectivity index (χ1n) is 8.62. The monoisotopic (exact) mass is 488 g/mol. The summed E-state index contributed by atoms with van der Waals surface area (Å²) >= 11 is 3.33. The van der Waals surface area contributed by atoms with E-state index in [9.17, 15) is 19.6 Å². The Morgan fingerprint density at radius 3 is 2.55 bits per heavy atom. The molecule has 0 fully saturated rings. The molecule has 0 heterocycles. The Hall–Kier alpha value is -3.84. The van der Waals surface area contributed by atoms with Crippen molar-refractivity contribution < 1.29 is 33.7 Å². The minimum absolute atomic E-state index is 0.00434. The van der Waals surface area contributed by atoms with E-state index in [1.54, 1.807) is 0 Å². The molecule has 160 valence electrons. The summed E-state index contributed by atoms with van der Waals surface area (Å²) in [6.45, 7) is -0.324. The maximum atomic E-state index is 12.5. The van der Waals surface area contributed by atoms with Gasteiger partial charge < -0.3 is 24.6 Å². The Morgan fingerprint density at radius 1 is 1.19 bits per heavy atom. The number of nitriles is 1. The number of carboxylic acids is 1. The highest BCUT2D eigenvalue weighted by Gasteiger charge is 2.15. The molecule has 0 bridgehead atoms. The van der Waals surface area contributed by atoms with Crippen LogP contribution in [0.4, 0.5) is 5.69 Å². The molecule has 2 N–H and O–H groups in total. The van der Waals surface area contributed by atoms with Crippen molar-refractivity contribution in [2.45, 2.75) is 0 Å². The molecule has 0 aliphatic heterocycles. The number of hydrogen-bond donors (Lipinski definition) is 2. The summed E-state index contributed by atoms with van der Waals surface area (Å²) in [6, 6.07) is 10.5. The molecule has 0 aliphatic rings. The molecule has 2 aromatic rings. The van der Waals surface area contributed by atoms with Crippen LogP contribution in [0, 0.1) is 11.3 Å². The molecule has 2 rings (SSSR count). The lowest BCUT2D eigenvalue weighted by molar-refractivity contribution is -0.142. The number of hydrogen-bond acceptors (Lipinski definition) is 7. The van der Waals surface area contributed by atoms with Gasteiger partial charge >= 0.3 is 11.9 Å². The van der Waals surface area contributed by atoms with Gasteiger partial charge in [-0.1, -0.05) is 22.0 Å². The molecule has 10 heteroatoms. The molecule has 0 saturated carbocycles. The van der Waals surface area contributed by atoms with Crippen LogP contribution in [0.1, 0.15) is 15.9 Å². The van der Waals surface area contributed by atoms with Crippen molar-refractivity contribution in [2.24, 2.45) is 0 Å². The number of halogens is 1. The van der Waals surface area contributed by atoms with Crippen LogP contribution in [0.5, 0.6) is 11.5 Å². The van der Waals surface area contributed by atoms with Gasteiger partial charge in [-0.15, -0.1) is 0 Å². The van der Waals surface area contributed by atoms with Gasteiger partial charge in [-0.2, -0.15) is 5.26 Å². The van der Waals surface area contributed by atoms with Gasteiger partial charge in [-0.05, 0) is 42.0 Å². The van der Waals surface area contributed by atoms with E-state index in [-0.39, 0.29) is 34.9 Å². The fourth-order valence-corrected chi connectivity index (χ4v) is 2.80. The lowest BCUT2D eigenvalue weighted by Gasteiger charge is -2.12. The van der Waals surface area contributed by atoms with Crippen LogP contribution in [-0.4, -0.2) is 43.8 Å². The third-order valence-corrected chi connectivity index (χ3v) is 4.58. The minimum atomic E-state index is -1.14. The molecule has 0 saturated heterocycles. The van der Waals surface area contributed by atoms with Gasteiger partial charge in [-0.3, -0.25) is 4.79 Å². The van der Waals surface area contributed by atoms with Gasteiger partial charge in [0.1, 0.15) is 11.6 Å². The highest BCUT2D eigenvalue weighted by Crippen LogP contribution is 2.34. The van der Waals surface area contributed by atoms with Crippen molar-refractivity contribution in [2.75, 3.05) is 26.1 Å². The summed E-state index contributed by atoms with van der Waals surface area (Å²) in [5, 5.41) is 21.0. The first-order valence-corrected chi connectivity index (χ1v) is 9.42. The normalized spacial score (nSPS) is 10.6. The first-order chi connectivity index (χ1) is 14.8. The number of ether oxygens (including phenoxy) is 3. The zero-order chi connectivity index (χ0) is 23.0. The minimum Gasteiger partial charge on any atom is -0.493 e. The number of esters is 1. The molecule has 9 nitrogen and oxygen atoms in total. The molecule has 2 aromatic carbocycles. The zero-order valence-electron chi connectivity index (χ0n) is 16.5. The van der Waals surface area contributed by atoms with Gasteiger partial charge in [0.2, 0.25) is 0 Å². The number of anilines is 1. The van der Waals surface area contributed by atoms with Gasteiger partial charge in [0, 0.05) is 10.2 Å². The molecule has 1 amide bonds. The Labute approximate surface area is 186 Å². The number of benzene rings is 2. The van der Waals surface area contributed by atoms with E-state index < -0.39 is 17.8 Å². The first kappa shape index (κ1) is 23.4. The summed E-state index contributed by atoms with van der Waals surface area (Å²) in [6.07, 6.45) is 1.33. The Morgan fingerprint density at radius 2 is 1.94 bits per heavy atom. The second kappa shape index (κ2) is 10.8.